The van der Waals surface area contributed by atoms with Gasteiger partial charge < -0.3 is 5.11 Å². The molecule has 0 aromatic carbocycles. The Labute approximate surface area is 76.6 Å². The molecule has 0 saturated heterocycles. The molecule has 0 saturated carbocycles. The van der Waals surface area contributed by atoms with Crippen LogP contribution >= 0.6 is 0 Å². The molecule has 0 aliphatic rings. The van der Waals surface area contributed by atoms with Crippen LogP contribution in [0.3, 0.4) is 0 Å². The Balaban J connectivity index is 4.09. The van der Waals surface area contributed by atoms with E-state index in [0.717, 1.165) is 9.96 Å². The number of carboxylic acid groups (broad SMARTS) is 1. The van der Waals surface area contributed by atoms with Crippen LogP contribution in [-0.2, 0) is 9.63 Å². The molecule has 0 aliphatic carbocycles. The number of likely N-dealkylation sites (N-methyl/N-ethyl adjacent to an activating group) is 2. The minimum atomic E-state index is -1.11. The molecular formula is C7H14N2O4. The zero-order chi connectivity index (χ0) is 10.4. The number of rotatable bonds is 4. The first-order valence-corrected chi connectivity index (χ1v) is 3.81. The normalized spacial score (nSPS) is 9.46. The summed E-state index contributed by atoms with van der Waals surface area (Å²) < 4.78 is 0. The third-order valence-corrected chi connectivity index (χ3v) is 1.60. The molecule has 0 spiro atoms. The van der Waals surface area contributed by atoms with E-state index in [1.54, 1.807) is 6.92 Å². The van der Waals surface area contributed by atoms with Crippen molar-refractivity contribution in [2.45, 2.75) is 6.92 Å². The molecule has 0 heterocycles. The van der Waals surface area contributed by atoms with E-state index in [2.05, 4.69) is 4.84 Å². The first-order chi connectivity index (χ1) is 6.02. The van der Waals surface area contributed by atoms with Crippen molar-refractivity contribution < 1.29 is 19.5 Å². The first-order valence-electron chi connectivity index (χ1n) is 3.81. The van der Waals surface area contributed by atoms with Crippen LogP contribution in [0.1, 0.15) is 6.92 Å². The highest BCUT2D eigenvalue weighted by atomic mass is 16.7. The molecule has 6 nitrogen and oxygen atoms in total. The molecule has 0 unspecified atom stereocenters. The summed E-state index contributed by atoms with van der Waals surface area (Å²) in [5, 5.41) is 9.58. The molecule has 0 rings (SSSR count). The molecule has 0 aromatic heterocycles. The minimum absolute atomic E-state index is 0.184. The van der Waals surface area contributed by atoms with Crippen LogP contribution in [0.4, 0.5) is 4.79 Å². The fourth-order valence-electron chi connectivity index (χ4n) is 0.679. The van der Waals surface area contributed by atoms with E-state index in [1.807, 2.05) is 0 Å². The molecule has 1 N–H and O–H groups in total. The van der Waals surface area contributed by atoms with E-state index >= 15 is 0 Å². The standard InChI is InChI=1S/C7H14N2O4/c1-4-9(7(11)12)5-6(10)8(2)13-3/h4-5H2,1-3H3,(H,11,12). The van der Waals surface area contributed by atoms with Crippen LogP contribution in [0.2, 0.25) is 0 Å². The highest BCUT2D eigenvalue weighted by Crippen LogP contribution is 1.92. The average Bonchev–Trinajstić information content (AvgIpc) is 2.11. The summed E-state index contributed by atoms with van der Waals surface area (Å²) >= 11 is 0. The fourth-order valence-corrected chi connectivity index (χ4v) is 0.679. The van der Waals surface area contributed by atoms with Crippen molar-refractivity contribution in [1.29, 1.82) is 0 Å². The van der Waals surface area contributed by atoms with Crippen LogP contribution in [-0.4, -0.2) is 54.3 Å². The molecule has 0 aromatic rings. The third kappa shape index (κ3) is 3.75. The second kappa shape index (κ2) is 5.36. The number of hydroxylamine groups is 2. The Morgan fingerprint density at radius 3 is 2.31 bits per heavy atom. The summed E-state index contributed by atoms with van der Waals surface area (Å²) in [7, 11) is 2.77. The minimum Gasteiger partial charge on any atom is -0.465 e. The van der Waals surface area contributed by atoms with Crippen molar-refractivity contribution in [3.05, 3.63) is 0 Å². The van der Waals surface area contributed by atoms with E-state index in [1.165, 1.54) is 14.2 Å². The third-order valence-electron chi connectivity index (χ3n) is 1.60. The van der Waals surface area contributed by atoms with Crippen molar-refractivity contribution in [3.8, 4) is 0 Å². The Kier molecular flexibility index (Phi) is 4.83. The van der Waals surface area contributed by atoms with Crippen LogP contribution < -0.4 is 0 Å². The van der Waals surface area contributed by atoms with E-state index < -0.39 is 12.0 Å². The molecule has 2 amide bonds. The van der Waals surface area contributed by atoms with Gasteiger partial charge in [0.05, 0.1) is 7.11 Å². The summed E-state index contributed by atoms with van der Waals surface area (Å²) in [6.07, 6.45) is -1.11. The van der Waals surface area contributed by atoms with Crippen LogP contribution in [0.15, 0.2) is 0 Å². The topological polar surface area (TPSA) is 70.1 Å². The number of carbonyl (C=O) groups is 2. The Bertz CT molecular complexity index is 195. The highest BCUT2D eigenvalue weighted by molar-refractivity contribution is 5.80. The maximum absolute atomic E-state index is 11.1. The smallest absolute Gasteiger partial charge is 0.407 e. The quantitative estimate of drug-likeness (QED) is 0.634. The average molecular weight is 190 g/mol. The van der Waals surface area contributed by atoms with E-state index in [0.29, 0.717) is 0 Å². The molecule has 6 heteroatoms. The molecule has 0 bridgehead atoms. The lowest BCUT2D eigenvalue weighted by Crippen LogP contribution is -2.40. The maximum atomic E-state index is 11.1. The van der Waals surface area contributed by atoms with Crippen LogP contribution in [0, 0.1) is 0 Å². The van der Waals surface area contributed by atoms with Gasteiger partial charge in [-0.2, -0.15) is 0 Å². The number of hydrogen-bond donors (Lipinski definition) is 1. The van der Waals surface area contributed by atoms with Gasteiger partial charge in [-0.3, -0.25) is 14.5 Å². The van der Waals surface area contributed by atoms with Crippen molar-refractivity contribution in [3.63, 3.8) is 0 Å². The molecule has 0 fully saturated rings. The van der Waals surface area contributed by atoms with E-state index in [9.17, 15) is 9.59 Å². The summed E-state index contributed by atoms with van der Waals surface area (Å²) in [5.41, 5.74) is 0. The predicted molar refractivity (Wildman–Crippen MR) is 45.1 cm³/mol. The summed E-state index contributed by atoms with van der Waals surface area (Å²) in [4.78, 5) is 27.2. The molecule has 0 aliphatic heterocycles. The maximum Gasteiger partial charge on any atom is 0.407 e. The monoisotopic (exact) mass is 190 g/mol. The molecule has 0 radical (unpaired) electrons. The summed E-state index contributed by atoms with van der Waals surface area (Å²) in [6.45, 7) is 1.75. The van der Waals surface area contributed by atoms with Gasteiger partial charge in [0.15, 0.2) is 0 Å². The second-order valence-electron chi connectivity index (χ2n) is 2.37. The van der Waals surface area contributed by atoms with Gasteiger partial charge in [-0.05, 0) is 6.92 Å². The van der Waals surface area contributed by atoms with Gasteiger partial charge in [-0.25, -0.2) is 9.86 Å². The van der Waals surface area contributed by atoms with Gasteiger partial charge in [-0.1, -0.05) is 0 Å². The van der Waals surface area contributed by atoms with E-state index in [4.69, 9.17) is 5.11 Å². The Hall–Kier alpha value is -1.30. The van der Waals surface area contributed by atoms with E-state index in [-0.39, 0.29) is 13.1 Å². The molecule has 76 valence electrons. The van der Waals surface area contributed by atoms with Gasteiger partial charge in [0, 0.05) is 13.6 Å². The number of nitrogens with zero attached hydrogens (tertiary/aromatic N) is 2. The Morgan fingerprint density at radius 2 is 2.00 bits per heavy atom. The fraction of sp³-hybridized carbons (Fsp3) is 0.714. The Morgan fingerprint density at radius 1 is 1.46 bits per heavy atom. The predicted octanol–water partition coefficient (Wildman–Crippen LogP) is 0.00610. The van der Waals surface area contributed by atoms with Gasteiger partial charge in [0.1, 0.15) is 6.54 Å². The molecular weight excluding hydrogens is 176 g/mol. The van der Waals surface area contributed by atoms with Gasteiger partial charge in [0.2, 0.25) is 0 Å². The summed E-state index contributed by atoms with van der Waals surface area (Å²) in [5.74, 6) is -0.397. The number of amides is 2. The van der Waals surface area contributed by atoms with Crippen LogP contribution in [0.25, 0.3) is 0 Å². The molecule has 13 heavy (non-hydrogen) atoms. The second-order valence-corrected chi connectivity index (χ2v) is 2.37. The van der Waals surface area contributed by atoms with Crippen molar-refractivity contribution in [2.24, 2.45) is 0 Å². The van der Waals surface area contributed by atoms with Gasteiger partial charge >= 0.3 is 6.09 Å². The first kappa shape index (κ1) is 11.7. The number of carbonyl (C=O) groups excluding carboxylic acids is 1. The number of hydrogen-bond acceptors (Lipinski definition) is 3. The lowest BCUT2D eigenvalue weighted by atomic mass is 10.5. The zero-order valence-electron chi connectivity index (χ0n) is 7.98. The zero-order valence-corrected chi connectivity index (χ0v) is 7.98. The van der Waals surface area contributed by atoms with Crippen LogP contribution in [0.5, 0.6) is 0 Å². The lowest BCUT2D eigenvalue weighted by molar-refractivity contribution is -0.169. The summed E-state index contributed by atoms with van der Waals surface area (Å²) in [6, 6.07) is 0. The largest absolute Gasteiger partial charge is 0.465 e. The van der Waals surface area contributed by atoms with Gasteiger partial charge in [-0.15, -0.1) is 0 Å². The highest BCUT2D eigenvalue weighted by Gasteiger charge is 2.16. The van der Waals surface area contributed by atoms with Crippen molar-refractivity contribution >= 4 is 12.0 Å². The lowest BCUT2D eigenvalue weighted by Gasteiger charge is -2.19. The van der Waals surface area contributed by atoms with Crippen molar-refractivity contribution in [2.75, 3.05) is 27.2 Å². The van der Waals surface area contributed by atoms with Gasteiger partial charge in [0.25, 0.3) is 5.91 Å². The molecule has 0 atom stereocenters. The SMILES string of the molecule is CCN(CC(=O)N(C)OC)C(=O)O. The van der Waals surface area contributed by atoms with Crippen molar-refractivity contribution in [1.82, 2.24) is 9.96 Å².